The van der Waals surface area contributed by atoms with E-state index in [9.17, 15) is 4.79 Å². The normalized spacial score (nSPS) is 15.8. The van der Waals surface area contributed by atoms with E-state index in [0.717, 1.165) is 33.0 Å². The first-order chi connectivity index (χ1) is 10.3. The molecular weight excluding hydrogens is 278 g/mol. The van der Waals surface area contributed by atoms with Crippen molar-refractivity contribution in [2.45, 2.75) is 18.2 Å². The third kappa shape index (κ3) is 2.38. The first-order valence-electron chi connectivity index (χ1n) is 7.08. The number of thioether (sulfide) groups is 1. The quantitative estimate of drug-likeness (QED) is 0.863. The van der Waals surface area contributed by atoms with Gasteiger partial charge >= 0.3 is 0 Å². The highest BCUT2D eigenvalue weighted by Gasteiger charge is 2.29. The van der Waals surface area contributed by atoms with Crippen LogP contribution in [0.4, 0.5) is 0 Å². The van der Waals surface area contributed by atoms with Crippen molar-refractivity contribution >= 4 is 23.2 Å². The Hall–Kier alpha value is -2.00. The van der Waals surface area contributed by atoms with Crippen LogP contribution in [0.15, 0.2) is 58.3 Å². The maximum atomic E-state index is 12.7. The molecule has 0 aliphatic carbocycles. The summed E-state index contributed by atoms with van der Waals surface area (Å²) in [6, 6.07) is 16.0. The molecule has 1 aliphatic heterocycles. The number of hydrogen-bond acceptors (Lipinski definition) is 3. The molecule has 2 aromatic carbocycles. The fourth-order valence-corrected chi connectivity index (χ4v) is 3.78. The van der Waals surface area contributed by atoms with E-state index in [1.165, 1.54) is 5.56 Å². The van der Waals surface area contributed by atoms with Gasteiger partial charge in [0.15, 0.2) is 0 Å². The van der Waals surface area contributed by atoms with Gasteiger partial charge in [0.1, 0.15) is 0 Å². The molecule has 106 valence electrons. The molecule has 0 spiro atoms. The van der Waals surface area contributed by atoms with E-state index in [2.05, 4.69) is 24.4 Å². The molecule has 0 fully saturated rings. The zero-order valence-corrected chi connectivity index (χ0v) is 13.0. The van der Waals surface area contributed by atoms with Crippen molar-refractivity contribution in [2.75, 3.05) is 7.05 Å². The number of benzene rings is 2. The predicted octanol–water partition coefficient (Wildman–Crippen LogP) is 4.13. The highest BCUT2D eigenvalue weighted by atomic mass is 32.2. The Morgan fingerprint density at radius 1 is 1.10 bits per heavy atom. The topological polar surface area (TPSA) is 29.1 Å². The molecule has 0 saturated heterocycles. The number of hydrogen-bond donors (Lipinski definition) is 1. The van der Waals surface area contributed by atoms with Gasteiger partial charge in [-0.15, -0.1) is 0 Å². The molecule has 0 unspecified atom stereocenters. The van der Waals surface area contributed by atoms with E-state index in [1.807, 2.05) is 43.4 Å². The highest BCUT2D eigenvalue weighted by Crippen LogP contribution is 2.43. The van der Waals surface area contributed by atoms with Crippen LogP contribution in [0.5, 0.6) is 0 Å². The molecule has 0 aromatic heterocycles. The zero-order chi connectivity index (χ0) is 14.8. The van der Waals surface area contributed by atoms with Crippen LogP contribution < -0.4 is 5.32 Å². The van der Waals surface area contributed by atoms with Crippen molar-refractivity contribution in [3.63, 3.8) is 0 Å². The van der Waals surface area contributed by atoms with Crippen LogP contribution in [0.25, 0.3) is 5.70 Å². The molecule has 1 heterocycles. The van der Waals surface area contributed by atoms with E-state index in [1.54, 1.807) is 11.8 Å². The van der Waals surface area contributed by atoms with E-state index in [4.69, 9.17) is 0 Å². The van der Waals surface area contributed by atoms with Crippen LogP contribution in [0.3, 0.4) is 0 Å². The molecule has 0 saturated carbocycles. The maximum Gasteiger partial charge on any atom is 0.202 e. The first kappa shape index (κ1) is 14.0. The Bertz CT molecular complexity index is 734. The molecule has 0 radical (unpaired) electrons. The number of rotatable bonds is 3. The minimum atomic E-state index is 0.117. The van der Waals surface area contributed by atoms with Crippen molar-refractivity contribution in [3.8, 4) is 0 Å². The zero-order valence-electron chi connectivity index (χ0n) is 12.1. The van der Waals surface area contributed by atoms with Gasteiger partial charge in [0, 0.05) is 23.1 Å². The lowest BCUT2D eigenvalue weighted by Crippen LogP contribution is -2.11. The number of carbonyl (C=O) groups is 1. The second-order valence-corrected chi connectivity index (χ2v) is 5.94. The van der Waals surface area contributed by atoms with Crippen molar-refractivity contribution in [1.29, 1.82) is 0 Å². The van der Waals surface area contributed by atoms with E-state index in [-0.39, 0.29) is 5.78 Å². The maximum absolute atomic E-state index is 12.7. The van der Waals surface area contributed by atoms with Gasteiger partial charge in [0.05, 0.1) is 10.6 Å². The average Bonchev–Trinajstić information content (AvgIpc) is 2.86. The third-order valence-corrected chi connectivity index (χ3v) is 4.86. The number of aryl methyl sites for hydroxylation is 1. The standard InChI is InChI=1S/C18H17NOS/c1-3-12-8-4-5-9-13(12)16(19-2)18-17(20)14-10-6-7-11-15(14)21-18/h4-11,19H,3H2,1-2H3. The van der Waals surface area contributed by atoms with Gasteiger partial charge in [0.2, 0.25) is 5.78 Å². The lowest BCUT2D eigenvalue weighted by Gasteiger charge is -2.13. The van der Waals surface area contributed by atoms with Gasteiger partial charge in [-0.25, -0.2) is 0 Å². The Balaban J connectivity index is 2.15. The van der Waals surface area contributed by atoms with E-state index in [0.29, 0.717) is 0 Å². The molecule has 0 bridgehead atoms. The van der Waals surface area contributed by atoms with Crippen LogP contribution in [-0.2, 0) is 6.42 Å². The van der Waals surface area contributed by atoms with Crippen molar-refractivity contribution < 1.29 is 4.79 Å². The van der Waals surface area contributed by atoms with Gasteiger partial charge in [-0.05, 0) is 24.1 Å². The fourth-order valence-electron chi connectivity index (χ4n) is 2.63. The van der Waals surface area contributed by atoms with Crippen LogP contribution >= 0.6 is 11.8 Å². The summed E-state index contributed by atoms with van der Waals surface area (Å²) in [5, 5.41) is 3.24. The predicted molar refractivity (Wildman–Crippen MR) is 88.4 cm³/mol. The number of nitrogens with one attached hydrogen (secondary N) is 1. The van der Waals surface area contributed by atoms with Crippen LogP contribution in [0.1, 0.15) is 28.4 Å². The molecule has 0 amide bonds. The highest BCUT2D eigenvalue weighted by molar-refractivity contribution is 8.05. The molecule has 3 rings (SSSR count). The minimum Gasteiger partial charge on any atom is -0.387 e. The molecule has 2 nitrogen and oxygen atoms in total. The second-order valence-electron chi connectivity index (χ2n) is 4.89. The molecule has 3 heteroatoms. The Morgan fingerprint density at radius 3 is 2.52 bits per heavy atom. The summed E-state index contributed by atoms with van der Waals surface area (Å²) in [5.74, 6) is 0.117. The van der Waals surface area contributed by atoms with Gasteiger partial charge < -0.3 is 5.32 Å². The van der Waals surface area contributed by atoms with Gasteiger partial charge in [-0.1, -0.05) is 55.1 Å². The minimum absolute atomic E-state index is 0.117. The molecule has 2 aromatic rings. The summed E-state index contributed by atoms with van der Waals surface area (Å²) in [6.07, 6.45) is 0.945. The number of Topliss-reactive ketones (excluding diaryl/α,β-unsaturated/α-hetero) is 1. The number of fused-ring (bicyclic) bond motifs is 1. The third-order valence-electron chi connectivity index (χ3n) is 3.69. The largest absolute Gasteiger partial charge is 0.387 e. The Morgan fingerprint density at radius 2 is 1.81 bits per heavy atom. The smallest absolute Gasteiger partial charge is 0.202 e. The van der Waals surface area contributed by atoms with Crippen LogP contribution in [-0.4, -0.2) is 12.8 Å². The van der Waals surface area contributed by atoms with Crippen molar-refractivity contribution in [1.82, 2.24) is 5.32 Å². The Labute approximate surface area is 129 Å². The summed E-state index contributed by atoms with van der Waals surface area (Å²) >= 11 is 1.56. The average molecular weight is 295 g/mol. The monoisotopic (exact) mass is 295 g/mol. The summed E-state index contributed by atoms with van der Waals surface area (Å²) in [7, 11) is 1.88. The summed E-state index contributed by atoms with van der Waals surface area (Å²) in [5.41, 5.74) is 4.10. The first-order valence-corrected chi connectivity index (χ1v) is 7.89. The second kappa shape index (κ2) is 5.78. The van der Waals surface area contributed by atoms with Crippen LogP contribution in [0.2, 0.25) is 0 Å². The number of carbonyl (C=O) groups excluding carboxylic acids is 1. The van der Waals surface area contributed by atoms with Crippen molar-refractivity contribution in [3.05, 3.63) is 70.1 Å². The molecule has 21 heavy (non-hydrogen) atoms. The molecule has 1 N–H and O–H groups in total. The molecule has 0 atom stereocenters. The van der Waals surface area contributed by atoms with Gasteiger partial charge in [-0.2, -0.15) is 0 Å². The summed E-state index contributed by atoms with van der Waals surface area (Å²) in [4.78, 5) is 14.5. The fraction of sp³-hybridized carbons (Fsp3) is 0.167. The SMILES string of the molecule is CCc1ccccc1C(NC)=C1Sc2ccccc2C1=O. The van der Waals surface area contributed by atoms with Gasteiger partial charge in [0.25, 0.3) is 0 Å². The lowest BCUT2D eigenvalue weighted by atomic mass is 10.0. The summed E-state index contributed by atoms with van der Waals surface area (Å²) < 4.78 is 0. The van der Waals surface area contributed by atoms with Crippen molar-refractivity contribution in [2.24, 2.45) is 0 Å². The number of allylic oxidation sites excluding steroid dienone is 1. The van der Waals surface area contributed by atoms with Gasteiger partial charge in [-0.3, -0.25) is 4.79 Å². The molecular formula is C18H17NOS. The van der Waals surface area contributed by atoms with E-state index < -0.39 is 0 Å². The summed E-state index contributed by atoms with van der Waals surface area (Å²) in [6.45, 7) is 2.13. The number of ketones is 1. The lowest BCUT2D eigenvalue weighted by molar-refractivity contribution is 0.104. The van der Waals surface area contributed by atoms with Crippen LogP contribution in [0, 0.1) is 0 Å². The Kier molecular flexibility index (Phi) is 3.84. The molecule has 1 aliphatic rings. The van der Waals surface area contributed by atoms with E-state index >= 15 is 0 Å².